The Morgan fingerprint density at radius 3 is 2.62 bits per heavy atom. The third-order valence-electron chi connectivity index (χ3n) is 4.75. The lowest BCUT2D eigenvalue weighted by Crippen LogP contribution is -1.92. The molecule has 2 heterocycles. The van der Waals surface area contributed by atoms with Gasteiger partial charge in [-0.2, -0.15) is 0 Å². The Morgan fingerprint density at radius 2 is 1.85 bits per heavy atom. The van der Waals surface area contributed by atoms with Gasteiger partial charge in [0.2, 0.25) is 0 Å². The maximum Gasteiger partial charge on any atom is 0.139 e. The van der Waals surface area contributed by atoms with Gasteiger partial charge >= 0.3 is 0 Å². The molecule has 2 aromatic carbocycles. The molecule has 0 aliphatic heterocycles. The minimum atomic E-state index is 0.701. The number of halogens is 1. The maximum atomic E-state index is 6.57. The molecule has 0 aliphatic rings. The van der Waals surface area contributed by atoms with E-state index < -0.39 is 0 Å². The number of benzene rings is 2. The van der Waals surface area contributed by atoms with Crippen LogP contribution in [0.5, 0.6) is 0 Å². The van der Waals surface area contributed by atoms with Crippen LogP contribution in [-0.4, -0.2) is 17.0 Å². The summed E-state index contributed by atoms with van der Waals surface area (Å²) in [6.07, 6.45) is 1.74. The summed E-state index contributed by atoms with van der Waals surface area (Å²) in [5.41, 5.74) is 8.68. The Morgan fingerprint density at radius 1 is 1.00 bits per heavy atom. The Labute approximate surface area is 158 Å². The Bertz CT molecular complexity index is 1110. The molecule has 4 aromatic rings. The van der Waals surface area contributed by atoms with E-state index in [-0.39, 0.29) is 0 Å². The summed E-state index contributed by atoms with van der Waals surface area (Å²) < 4.78 is 0. The van der Waals surface area contributed by atoms with Crippen LogP contribution in [0.15, 0.2) is 54.7 Å². The quantitative estimate of drug-likeness (QED) is 0.455. The lowest BCUT2D eigenvalue weighted by atomic mass is 9.96. The molecule has 0 unspecified atom stereocenters. The van der Waals surface area contributed by atoms with Gasteiger partial charge in [0.25, 0.3) is 0 Å². The van der Waals surface area contributed by atoms with Crippen LogP contribution < -0.4 is 5.32 Å². The van der Waals surface area contributed by atoms with Gasteiger partial charge in [0.15, 0.2) is 0 Å². The molecule has 130 valence electrons. The summed E-state index contributed by atoms with van der Waals surface area (Å²) in [5.74, 6) is 0. The second-order valence-electron chi connectivity index (χ2n) is 6.54. The Kier molecular flexibility index (Phi) is 4.17. The first-order valence-electron chi connectivity index (χ1n) is 8.60. The van der Waals surface area contributed by atoms with Gasteiger partial charge < -0.3 is 10.3 Å². The third-order valence-corrected chi connectivity index (χ3v) is 5.06. The predicted octanol–water partition coefficient (Wildman–Crippen LogP) is 6.21. The number of fused-ring (bicyclic) bond motifs is 1. The van der Waals surface area contributed by atoms with E-state index in [9.17, 15) is 0 Å². The summed E-state index contributed by atoms with van der Waals surface area (Å²) in [7, 11) is 1.94. The van der Waals surface area contributed by atoms with Crippen LogP contribution in [0.3, 0.4) is 0 Å². The second-order valence-corrected chi connectivity index (χ2v) is 6.95. The highest BCUT2D eigenvalue weighted by Gasteiger charge is 2.18. The first kappa shape index (κ1) is 16.7. The van der Waals surface area contributed by atoms with Crippen LogP contribution in [0.1, 0.15) is 11.1 Å². The molecule has 0 bridgehead atoms. The minimum Gasteiger partial charge on any atom is -0.388 e. The fourth-order valence-corrected chi connectivity index (χ4v) is 3.67. The molecule has 26 heavy (non-hydrogen) atoms. The van der Waals surface area contributed by atoms with Crippen molar-refractivity contribution in [2.45, 2.75) is 13.8 Å². The highest BCUT2D eigenvalue weighted by atomic mass is 35.5. The predicted molar refractivity (Wildman–Crippen MR) is 111 cm³/mol. The van der Waals surface area contributed by atoms with E-state index in [0.29, 0.717) is 5.02 Å². The number of pyridine rings is 1. The number of nitrogens with one attached hydrogen (secondary N) is 2. The second kappa shape index (κ2) is 6.50. The van der Waals surface area contributed by atoms with Gasteiger partial charge in [0.1, 0.15) is 5.65 Å². The fourth-order valence-electron chi connectivity index (χ4n) is 3.43. The van der Waals surface area contributed by atoms with Gasteiger partial charge in [-0.15, -0.1) is 0 Å². The van der Waals surface area contributed by atoms with Crippen molar-refractivity contribution < 1.29 is 0 Å². The Hall–Kier alpha value is -2.78. The number of aryl methyl sites for hydroxylation is 2. The van der Waals surface area contributed by atoms with Crippen molar-refractivity contribution in [2.75, 3.05) is 12.4 Å². The highest BCUT2D eigenvalue weighted by Crippen LogP contribution is 2.41. The van der Waals surface area contributed by atoms with Gasteiger partial charge in [-0.05, 0) is 48.7 Å². The first-order valence-corrected chi connectivity index (χ1v) is 8.98. The summed E-state index contributed by atoms with van der Waals surface area (Å²) in [6.45, 7) is 4.20. The average Bonchev–Trinajstić information content (AvgIpc) is 3.03. The number of nitrogens with zero attached hydrogens (tertiary/aromatic N) is 1. The van der Waals surface area contributed by atoms with Gasteiger partial charge in [0.05, 0.1) is 10.7 Å². The largest absolute Gasteiger partial charge is 0.388 e. The number of anilines is 1. The molecular formula is C22H20ClN3. The molecular weight excluding hydrogens is 342 g/mol. The molecule has 0 atom stereocenters. The SMILES string of the molecule is CNc1cc(-c2c(-c3cccc(C)c3)[nH]c3nccc(Cl)c23)ccc1C. The number of hydrogen-bond donors (Lipinski definition) is 2. The standard InChI is InChI=1S/C22H20ClN3/c1-13-5-4-6-16(11-13)21-19(15-8-7-14(2)18(12-15)24-3)20-17(23)9-10-25-22(20)26-21/h4-12,24H,1-3H3,(H,25,26). The molecule has 2 aromatic heterocycles. The van der Waals surface area contributed by atoms with Crippen LogP contribution in [0, 0.1) is 13.8 Å². The molecule has 0 saturated carbocycles. The Balaban J connectivity index is 2.08. The van der Waals surface area contributed by atoms with E-state index in [0.717, 1.165) is 39.1 Å². The van der Waals surface area contributed by atoms with Crippen molar-refractivity contribution in [1.29, 1.82) is 0 Å². The number of aromatic amines is 1. The molecule has 0 amide bonds. The number of hydrogen-bond acceptors (Lipinski definition) is 2. The van der Waals surface area contributed by atoms with Crippen molar-refractivity contribution in [3.63, 3.8) is 0 Å². The summed E-state index contributed by atoms with van der Waals surface area (Å²) in [6, 6.07) is 16.7. The van der Waals surface area contributed by atoms with Gasteiger partial charge in [-0.25, -0.2) is 4.98 Å². The van der Waals surface area contributed by atoms with Crippen LogP contribution in [0.25, 0.3) is 33.4 Å². The zero-order valence-corrected chi connectivity index (χ0v) is 15.8. The lowest BCUT2D eigenvalue weighted by molar-refractivity contribution is 1.32. The monoisotopic (exact) mass is 361 g/mol. The molecule has 4 heteroatoms. The number of rotatable bonds is 3. The lowest BCUT2D eigenvalue weighted by Gasteiger charge is -2.11. The fraction of sp³-hybridized carbons (Fsp3) is 0.136. The van der Waals surface area contributed by atoms with Gasteiger partial charge in [0, 0.05) is 29.9 Å². The molecule has 0 fully saturated rings. The minimum absolute atomic E-state index is 0.701. The molecule has 3 nitrogen and oxygen atoms in total. The topological polar surface area (TPSA) is 40.7 Å². The normalized spacial score (nSPS) is 11.1. The zero-order valence-electron chi connectivity index (χ0n) is 15.0. The van der Waals surface area contributed by atoms with E-state index in [1.807, 2.05) is 13.1 Å². The van der Waals surface area contributed by atoms with E-state index in [1.54, 1.807) is 6.20 Å². The molecule has 0 spiro atoms. The summed E-state index contributed by atoms with van der Waals surface area (Å²) in [5, 5.41) is 4.93. The van der Waals surface area contributed by atoms with Crippen molar-refractivity contribution >= 4 is 28.3 Å². The van der Waals surface area contributed by atoms with Crippen molar-refractivity contribution in [2.24, 2.45) is 0 Å². The van der Waals surface area contributed by atoms with Crippen LogP contribution in [0.4, 0.5) is 5.69 Å². The molecule has 2 N–H and O–H groups in total. The van der Waals surface area contributed by atoms with Crippen LogP contribution >= 0.6 is 11.6 Å². The van der Waals surface area contributed by atoms with Gasteiger partial charge in [-0.1, -0.05) is 47.5 Å². The van der Waals surface area contributed by atoms with E-state index in [2.05, 4.69) is 71.6 Å². The van der Waals surface area contributed by atoms with Crippen molar-refractivity contribution in [1.82, 2.24) is 9.97 Å². The number of H-pyrrole nitrogens is 1. The van der Waals surface area contributed by atoms with E-state index in [4.69, 9.17) is 11.6 Å². The molecule has 4 rings (SSSR count). The summed E-state index contributed by atoms with van der Waals surface area (Å²) in [4.78, 5) is 7.98. The van der Waals surface area contributed by atoms with Crippen LogP contribution in [0.2, 0.25) is 5.02 Å². The maximum absolute atomic E-state index is 6.57. The van der Waals surface area contributed by atoms with E-state index >= 15 is 0 Å². The first-order chi connectivity index (χ1) is 12.6. The highest BCUT2D eigenvalue weighted by molar-refractivity contribution is 6.36. The smallest absolute Gasteiger partial charge is 0.139 e. The van der Waals surface area contributed by atoms with Gasteiger partial charge in [-0.3, -0.25) is 0 Å². The van der Waals surface area contributed by atoms with Crippen molar-refractivity contribution in [3.8, 4) is 22.4 Å². The molecule has 0 radical (unpaired) electrons. The van der Waals surface area contributed by atoms with Crippen molar-refractivity contribution in [3.05, 3.63) is 70.9 Å². The zero-order chi connectivity index (χ0) is 18.3. The number of aromatic nitrogens is 2. The van der Waals surface area contributed by atoms with E-state index in [1.165, 1.54) is 11.1 Å². The molecule has 0 saturated heterocycles. The summed E-state index contributed by atoms with van der Waals surface area (Å²) >= 11 is 6.57. The van der Waals surface area contributed by atoms with Crippen LogP contribution in [-0.2, 0) is 0 Å². The average molecular weight is 362 g/mol. The third kappa shape index (κ3) is 2.74. The molecule has 0 aliphatic carbocycles.